The van der Waals surface area contributed by atoms with Crippen LogP contribution in [-0.4, -0.2) is 24.6 Å². The molecule has 0 rings (SSSR count). The van der Waals surface area contributed by atoms with Gasteiger partial charge in [0, 0.05) is 0 Å². The van der Waals surface area contributed by atoms with Crippen LogP contribution in [0.2, 0.25) is 0 Å². The summed E-state index contributed by atoms with van der Waals surface area (Å²) in [6.45, 7) is 13.6. The quantitative estimate of drug-likeness (QED) is 0.668. The third-order valence-corrected chi connectivity index (χ3v) is 3.49. The van der Waals surface area contributed by atoms with E-state index < -0.39 is 17.5 Å². The standard InChI is InChI=1S/C15H28O4/c1-8-18-13(16)12(5)19-14(17)15(6,7)11(4)9-10(2)3/h10-12H,8-9H2,1-7H3. The van der Waals surface area contributed by atoms with Crippen LogP contribution in [0.1, 0.15) is 54.9 Å². The van der Waals surface area contributed by atoms with E-state index in [1.807, 2.05) is 20.8 Å². The zero-order chi connectivity index (χ0) is 15.2. The summed E-state index contributed by atoms with van der Waals surface area (Å²) >= 11 is 0. The molecular formula is C15H28O4. The summed E-state index contributed by atoms with van der Waals surface area (Å²) in [6.07, 6.45) is 0.0913. The highest BCUT2D eigenvalue weighted by molar-refractivity contribution is 5.81. The lowest BCUT2D eigenvalue weighted by Crippen LogP contribution is -2.38. The summed E-state index contributed by atoms with van der Waals surface area (Å²) in [5, 5.41) is 0. The first-order chi connectivity index (χ1) is 8.62. The van der Waals surface area contributed by atoms with Gasteiger partial charge in [-0.1, -0.05) is 20.8 Å². The van der Waals surface area contributed by atoms with Crippen molar-refractivity contribution in [2.45, 2.75) is 61.0 Å². The molecule has 2 unspecified atom stereocenters. The minimum atomic E-state index is -0.849. The number of ether oxygens (including phenoxy) is 2. The molecule has 0 bridgehead atoms. The molecule has 0 fully saturated rings. The molecule has 0 heterocycles. The molecule has 0 spiro atoms. The summed E-state index contributed by atoms with van der Waals surface area (Å²) in [4.78, 5) is 23.6. The van der Waals surface area contributed by atoms with Crippen LogP contribution >= 0.6 is 0 Å². The van der Waals surface area contributed by atoms with Crippen LogP contribution in [0, 0.1) is 17.3 Å². The van der Waals surface area contributed by atoms with E-state index in [0.29, 0.717) is 5.92 Å². The molecule has 0 aromatic carbocycles. The maximum Gasteiger partial charge on any atom is 0.347 e. The monoisotopic (exact) mass is 272 g/mol. The van der Waals surface area contributed by atoms with Gasteiger partial charge in [0.2, 0.25) is 0 Å². The van der Waals surface area contributed by atoms with Crippen molar-refractivity contribution in [3.63, 3.8) is 0 Å². The Morgan fingerprint density at radius 1 is 1.11 bits per heavy atom. The van der Waals surface area contributed by atoms with Crippen LogP contribution in [0.3, 0.4) is 0 Å². The zero-order valence-electron chi connectivity index (χ0n) is 13.3. The van der Waals surface area contributed by atoms with Gasteiger partial charge >= 0.3 is 11.9 Å². The van der Waals surface area contributed by atoms with Crippen LogP contribution in [0.25, 0.3) is 0 Å². The number of hydrogen-bond donors (Lipinski definition) is 0. The molecule has 2 atom stereocenters. The van der Waals surface area contributed by atoms with E-state index in [1.165, 1.54) is 0 Å². The molecule has 0 aliphatic heterocycles. The minimum Gasteiger partial charge on any atom is -0.463 e. The average Bonchev–Trinajstić information content (AvgIpc) is 2.27. The maximum atomic E-state index is 12.2. The van der Waals surface area contributed by atoms with Crippen LogP contribution in [0.5, 0.6) is 0 Å². The Morgan fingerprint density at radius 2 is 1.63 bits per heavy atom. The Kier molecular flexibility index (Phi) is 7.09. The molecule has 0 aromatic heterocycles. The van der Waals surface area contributed by atoms with Crippen LogP contribution in [-0.2, 0) is 19.1 Å². The second-order valence-electron chi connectivity index (χ2n) is 6.05. The van der Waals surface area contributed by atoms with Gasteiger partial charge in [0.05, 0.1) is 12.0 Å². The van der Waals surface area contributed by atoms with Crippen LogP contribution in [0.4, 0.5) is 0 Å². The van der Waals surface area contributed by atoms with Crippen molar-refractivity contribution >= 4 is 11.9 Å². The Morgan fingerprint density at radius 3 is 2.05 bits per heavy atom. The summed E-state index contributed by atoms with van der Waals surface area (Å²) in [5.41, 5.74) is -0.606. The summed E-state index contributed by atoms with van der Waals surface area (Å²) in [5.74, 6) is -0.136. The topological polar surface area (TPSA) is 52.6 Å². The second kappa shape index (κ2) is 7.51. The van der Waals surface area contributed by atoms with Gasteiger partial charge in [0.15, 0.2) is 6.10 Å². The van der Waals surface area contributed by atoms with E-state index in [-0.39, 0.29) is 18.5 Å². The molecule has 19 heavy (non-hydrogen) atoms. The Hall–Kier alpha value is -1.06. The summed E-state index contributed by atoms with van der Waals surface area (Å²) in [7, 11) is 0. The van der Waals surface area contributed by atoms with Gasteiger partial charge in [-0.25, -0.2) is 4.79 Å². The third kappa shape index (κ3) is 5.62. The van der Waals surface area contributed by atoms with Crippen molar-refractivity contribution < 1.29 is 19.1 Å². The number of carbonyl (C=O) groups is 2. The lowest BCUT2D eigenvalue weighted by Gasteiger charge is -2.31. The molecule has 4 heteroatoms. The predicted molar refractivity (Wildman–Crippen MR) is 74.6 cm³/mol. The van der Waals surface area contributed by atoms with Crippen molar-refractivity contribution in [1.29, 1.82) is 0 Å². The summed E-state index contributed by atoms with van der Waals surface area (Å²) in [6, 6.07) is 0. The normalized spacial score (nSPS) is 14.9. The molecule has 0 radical (unpaired) electrons. The summed E-state index contributed by atoms with van der Waals surface area (Å²) < 4.78 is 10.0. The molecule has 0 saturated carbocycles. The van der Waals surface area contributed by atoms with Crippen molar-refractivity contribution in [3.8, 4) is 0 Å². The van der Waals surface area contributed by atoms with E-state index >= 15 is 0 Å². The third-order valence-electron chi connectivity index (χ3n) is 3.49. The highest BCUT2D eigenvalue weighted by atomic mass is 16.6. The zero-order valence-corrected chi connectivity index (χ0v) is 13.3. The van der Waals surface area contributed by atoms with Gasteiger partial charge < -0.3 is 9.47 Å². The van der Waals surface area contributed by atoms with Gasteiger partial charge in [-0.15, -0.1) is 0 Å². The van der Waals surface area contributed by atoms with Crippen molar-refractivity contribution in [2.24, 2.45) is 17.3 Å². The second-order valence-corrected chi connectivity index (χ2v) is 6.05. The number of carbonyl (C=O) groups excluding carboxylic acids is 2. The SMILES string of the molecule is CCOC(=O)C(C)OC(=O)C(C)(C)C(C)CC(C)C. The van der Waals surface area contributed by atoms with E-state index in [1.54, 1.807) is 13.8 Å². The molecule has 0 aliphatic rings. The maximum absolute atomic E-state index is 12.2. The fourth-order valence-corrected chi connectivity index (χ4v) is 1.82. The molecule has 112 valence electrons. The average molecular weight is 272 g/mol. The van der Waals surface area contributed by atoms with Gasteiger partial charge in [0.25, 0.3) is 0 Å². The van der Waals surface area contributed by atoms with Crippen LogP contribution < -0.4 is 0 Å². The highest BCUT2D eigenvalue weighted by Gasteiger charge is 2.37. The first kappa shape index (κ1) is 17.9. The molecule has 0 saturated heterocycles. The largest absolute Gasteiger partial charge is 0.463 e. The first-order valence-corrected chi connectivity index (χ1v) is 7.00. The predicted octanol–water partition coefficient (Wildman–Crippen LogP) is 3.19. The van der Waals surface area contributed by atoms with Crippen molar-refractivity contribution in [2.75, 3.05) is 6.61 Å². The molecular weight excluding hydrogens is 244 g/mol. The van der Waals surface area contributed by atoms with Gasteiger partial charge in [-0.05, 0) is 46.0 Å². The Bertz CT molecular complexity index is 307. The van der Waals surface area contributed by atoms with Crippen molar-refractivity contribution in [1.82, 2.24) is 0 Å². The number of rotatable bonds is 7. The lowest BCUT2D eigenvalue weighted by molar-refractivity contribution is -0.174. The van der Waals surface area contributed by atoms with E-state index in [4.69, 9.17) is 9.47 Å². The number of hydrogen-bond acceptors (Lipinski definition) is 4. The Balaban J connectivity index is 4.58. The molecule has 0 aromatic rings. The molecule has 0 N–H and O–H groups in total. The van der Waals surface area contributed by atoms with Gasteiger partial charge in [-0.2, -0.15) is 0 Å². The Labute approximate surface area is 116 Å². The van der Waals surface area contributed by atoms with E-state index in [0.717, 1.165) is 6.42 Å². The fraction of sp³-hybridized carbons (Fsp3) is 0.867. The lowest BCUT2D eigenvalue weighted by atomic mass is 9.76. The van der Waals surface area contributed by atoms with Crippen molar-refractivity contribution in [3.05, 3.63) is 0 Å². The van der Waals surface area contributed by atoms with E-state index in [2.05, 4.69) is 13.8 Å². The van der Waals surface area contributed by atoms with Crippen LogP contribution in [0.15, 0.2) is 0 Å². The molecule has 0 amide bonds. The fourth-order valence-electron chi connectivity index (χ4n) is 1.82. The molecule has 0 aliphatic carbocycles. The molecule has 4 nitrogen and oxygen atoms in total. The first-order valence-electron chi connectivity index (χ1n) is 7.00. The highest BCUT2D eigenvalue weighted by Crippen LogP contribution is 2.33. The van der Waals surface area contributed by atoms with Gasteiger partial charge in [0.1, 0.15) is 0 Å². The number of esters is 2. The smallest absolute Gasteiger partial charge is 0.347 e. The van der Waals surface area contributed by atoms with Gasteiger partial charge in [-0.3, -0.25) is 4.79 Å². The minimum absolute atomic E-state index is 0.189. The van der Waals surface area contributed by atoms with E-state index in [9.17, 15) is 9.59 Å².